The van der Waals surface area contributed by atoms with Crippen molar-refractivity contribution in [2.45, 2.75) is 37.6 Å². The third kappa shape index (κ3) is 3.09. The van der Waals surface area contributed by atoms with E-state index >= 15 is 0 Å². The third-order valence-electron chi connectivity index (χ3n) is 3.46. The quantitative estimate of drug-likeness (QED) is 0.641. The molecule has 2 aliphatic carbocycles. The Labute approximate surface area is 102 Å². The molecule has 2 atom stereocenters. The maximum atomic E-state index is 6.18. The Morgan fingerprint density at radius 3 is 2.64 bits per heavy atom. The van der Waals surface area contributed by atoms with E-state index in [0.717, 1.165) is 12.3 Å². The molecular formula is C9H17Cl2N2Pt-. The maximum absolute atomic E-state index is 6.18. The second-order valence-electron chi connectivity index (χ2n) is 4.16. The SMILES string of the molecule is NCC1(N)CCC2CC[C-]1C2.[Cl][Pt][Cl]. The van der Waals surface area contributed by atoms with Gasteiger partial charge in [0.15, 0.2) is 0 Å². The van der Waals surface area contributed by atoms with Gasteiger partial charge in [0.1, 0.15) is 0 Å². The fraction of sp³-hybridized carbons (Fsp3) is 0.889. The summed E-state index contributed by atoms with van der Waals surface area (Å²) in [5.41, 5.74) is 11.8. The molecule has 0 aromatic carbocycles. The molecule has 14 heavy (non-hydrogen) atoms. The summed E-state index contributed by atoms with van der Waals surface area (Å²) in [4.78, 5) is 0. The molecule has 0 radical (unpaired) electrons. The molecule has 2 fully saturated rings. The van der Waals surface area contributed by atoms with E-state index < -0.39 is 16.5 Å². The summed E-state index contributed by atoms with van der Waals surface area (Å²) in [5.74, 6) is 2.50. The fourth-order valence-corrected chi connectivity index (χ4v) is 2.51. The summed E-state index contributed by atoms with van der Waals surface area (Å²) >= 11 is -0.472. The van der Waals surface area contributed by atoms with Gasteiger partial charge in [-0.05, 0) is 6.54 Å². The number of hydrogen-bond donors (Lipinski definition) is 2. The van der Waals surface area contributed by atoms with Crippen LogP contribution in [0.25, 0.3) is 0 Å². The molecule has 2 unspecified atom stereocenters. The summed E-state index contributed by atoms with van der Waals surface area (Å²) in [6, 6.07) is 0. The Balaban J connectivity index is 0.000000293. The van der Waals surface area contributed by atoms with Crippen molar-refractivity contribution in [2.24, 2.45) is 17.4 Å². The van der Waals surface area contributed by atoms with Crippen LogP contribution in [0, 0.1) is 11.8 Å². The van der Waals surface area contributed by atoms with E-state index in [1.54, 1.807) is 5.92 Å². The van der Waals surface area contributed by atoms with Crippen LogP contribution >= 0.6 is 18.8 Å². The van der Waals surface area contributed by atoms with Gasteiger partial charge in [0, 0.05) is 0 Å². The molecule has 0 amide bonds. The second kappa shape index (κ2) is 6.05. The minimum absolute atomic E-state index is 0.0764. The number of rotatable bonds is 1. The molecule has 0 spiro atoms. The molecule has 0 aromatic rings. The predicted molar refractivity (Wildman–Crippen MR) is 57.5 cm³/mol. The van der Waals surface area contributed by atoms with Crippen LogP contribution in [0.3, 0.4) is 0 Å². The standard InChI is InChI=1S/C9H17N2.2ClH.Pt/c10-6-9(11)4-3-7-1-2-8(9)5-7;;;/h7H,1-6,10-11H2;2*1H;/q-1;;;+2/p-2. The van der Waals surface area contributed by atoms with Crippen LogP contribution < -0.4 is 11.5 Å². The van der Waals surface area contributed by atoms with Crippen molar-refractivity contribution in [3.05, 3.63) is 5.92 Å². The fourth-order valence-electron chi connectivity index (χ4n) is 2.51. The summed E-state index contributed by atoms with van der Waals surface area (Å²) in [6.07, 6.45) is 6.32. The minimum atomic E-state index is -0.472. The Morgan fingerprint density at radius 2 is 2.07 bits per heavy atom. The van der Waals surface area contributed by atoms with E-state index in [1.807, 2.05) is 0 Å². The van der Waals surface area contributed by atoms with Crippen LogP contribution in [0.4, 0.5) is 0 Å². The van der Waals surface area contributed by atoms with E-state index in [4.69, 9.17) is 30.3 Å². The van der Waals surface area contributed by atoms with Crippen LogP contribution in [-0.4, -0.2) is 12.1 Å². The third-order valence-corrected chi connectivity index (χ3v) is 3.46. The average Bonchev–Trinajstić information content (AvgIpc) is 2.59. The zero-order valence-corrected chi connectivity index (χ0v) is 11.8. The normalized spacial score (nSPS) is 36.7. The summed E-state index contributed by atoms with van der Waals surface area (Å²) in [6.45, 7) is 0.648. The van der Waals surface area contributed by atoms with Crippen molar-refractivity contribution >= 4 is 18.8 Å². The zero-order valence-electron chi connectivity index (χ0n) is 8.05. The monoisotopic (exact) mass is 418 g/mol. The van der Waals surface area contributed by atoms with Crippen molar-refractivity contribution in [1.29, 1.82) is 0 Å². The van der Waals surface area contributed by atoms with Crippen LogP contribution in [-0.2, 0) is 16.5 Å². The molecule has 0 heterocycles. The number of nitrogens with two attached hydrogens (primary N) is 2. The Hall–Kier alpha value is 1.19. The predicted octanol–water partition coefficient (Wildman–Crippen LogP) is 2.19. The molecule has 5 heteroatoms. The van der Waals surface area contributed by atoms with Gasteiger partial charge in [0.05, 0.1) is 0 Å². The Kier molecular flexibility index (Phi) is 5.73. The van der Waals surface area contributed by atoms with E-state index in [9.17, 15) is 0 Å². The average molecular weight is 419 g/mol. The van der Waals surface area contributed by atoms with Gasteiger partial charge in [0.2, 0.25) is 0 Å². The second-order valence-corrected chi connectivity index (χ2v) is 7.44. The van der Waals surface area contributed by atoms with Gasteiger partial charge in [-0.1, -0.05) is 30.7 Å². The summed E-state index contributed by atoms with van der Waals surface area (Å²) < 4.78 is 0. The Morgan fingerprint density at radius 1 is 1.43 bits per heavy atom. The molecule has 88 valence electrons. The van der Waals surface area contributed by atoms with Crippen molar-refractivity contribution in [3.63, 3.8) is 0 Å². The first-order valence-electron chi connectivity index (χ1n) is 4.82. The van der Waals surface area contributed by atoms with Gasteiger partial charge in [-0.15, -0.1) is 0 Å². The van der Waals surface area contributed by atoms with E-state index in [1.165, 1.54) is 25.7 Å². The topological polar surface area (TPSA) is 52.0 Å². The molecule has 0 saturated heterocycles. The van der Waals surface area contributed by atoms with Crippen LogP contribution in [0.2, 0.25) is 0 Å². The summed E-state index contributed by atoms with van der Waals surface area (Å²) in [5, 5.41) is 0. The van der Waals surface area contributed by atoms with Crippen LogP contribution in [0.1, 0.15) is 32.1 Å². The van der Waals surface area contributed by atoms with Crippen LogP contribution in [0.15, 0.2) is 0 Å². The van der Waals surface area contributed by atoms with E-state index in [0.29, 0.717) is 6.54 Å². The van der Waals surface area contributed by atoms with E-state index in [2.05, 4.69) is 0 Å². The van der Waals surface area contributed by atoms with Gasteiger partial charge >= 0.3 is 35.3 Å². The molecular weight excluding hydrogens is 402 g/mol. The first-order chi connectivity index (χ1) is 6.66. The number of fused-ring (bicyclic) bond motifs is 2. The van der Waals surface area contributed by atoms with Gasteiger partial charge in [-0.2, -0.15) is 12.8 Å². The molecule has 0 aromatic heterocycles. The molecule has 2 rings (SSSR count). The molecule has 0 aliphatic heterocycles. The van der Waals surface area contributed by atoms with Crippen molar-refractivity contribution < 1.29 is 16.5 Å². The number of hydrogen-bond acceptors (Lipinski definition) is 2. The molecule has 2 aliphatic rings. The first kappa shape index (κ1) is 13.3. The summed E-state index contributed by atoms with van der Waals surface area (Å²) in [7, 11) is 9.75. The number of halogens is 2. The van der Waals surface area contributed by atoms with Gasteiger partial charge < -0.3 is 11.5 Å². The first-order valence-corrected chi connectivity index (χ1v) is 10.5. The van der Waals surface area contributed by atoms with Crippen molar-refractivity contribution in [3.8, 4) is 0 Å². The van der Waals surface area contributed by atoms with E-state index in [-0.39, 0.29) is 5.54 Å². The van der Waals surface area contributed by atoms with Crippen molar-refractivity contribution in [2.75, 3.05) is 6.54 Å². The van der Waals surface area contributed by atoms with Crippen molar-refractivity contribution in [1.82, 2.24) is 0 Å². The van der Waals surface area contributed by atoms with Crippen LogP contribution in [0.5, 0.6) is 0 Å². The van der Waals surface area contributed by atoms with Gasteiger partial charge in [-0.25, -0.2) is 0 Å². The van der Waals surface area contributed by atoms with Gasteiger partial charge in [0.25, 0.3) is 0 Å². The molecule has 2 nitrogen and oxygen atoms in total. The molecule has 2 saturated carbocycles. The van der Waals surface area contributed by atoms with Gasteiger partial charge in [-0.3, -0.25) is 5.92 Å². The molecule has 2 bridgehead atoms. The Bertz CT molecular complexity index is 182. The zero-order chi connectivity index (χ0) is 10.6. The molecule has 4 N–H and O–H groups in total.